The van der Waals surface area contributed by atoms with Gasteiger partial charge in [0.2, 0.25) is 0 Å². The summed E-state index contributed by atoms with van der Waals surface area (Å²) in [5.41, 5.74) is 0.888. The maximum absolute atomic E-state index is 5.86. The van der Waals surface area contributed by atoms with E-state index in [2.05, 4.69) is 10.1 Å². The molecule has 1 aliphatic rings. The van der Waals surface area contributed by atoms with Gasteiger partial charge in [0.25, 0.3) is 5.89 Å². The third kappa shape index (κ3) is 4.22. The van der Waals surface area contributed by atoms with E-state index in [-0.39, 0.29) is 0 Å². The van der Waals surface area contributed by atoms with Crippen LogP contribution < -0.4 is 0 Å². The summed E-state index contributed by atoms with van der Waals surface area (Å²) in [5, 5.41) is 4.71. The Balaban J connectivity index is 1.51. The average Bonchev–Trinajstić information content (AvgIpc) is 2.98. The van der Waals surface area contributed by atoms with Gasteiger partial charge in [0, 0.05) is 22.9 Å². The number of hydrogen-bond acceptors (Lipinski definition) is 5. The number of aromatic nitrogens is 2. The molecule has 1 aromatic heterocycles. The molecule has 0 N–H and O–H groups in total. The zero-order valence-electron chi connectivity index (χ0n) is 11.6. The number of ether oxygens (including phenoxy) is 1. The summed E-state index contributed by atoms with van der Waals surface area (Å²) in [6, 6.07) is 7.39. The van der Waals surface area contributed by atoms with Crippen LogP contribution in [0, 0.1) is 0 Å². The molecule has 21 heavy (non-hydrogen) atoms. The highest BCUT2D eigenvalue weighted by Crippen LogP contribution is 2.22. The molecule has 1 aromatic carbocycles. The molecule has 0 aliphatic carbocycles. The van der Waals surface area contributed by atoms with Crippen molar-refractivity contribution >= 4 is 23.4 Å². The van der Waals surface area contributed by atoms with E-state index in [1.807, 2.05) is 24.3 Å². The van der Waals surface area contributed by atoms with E-state index in [0.717, 1.165) is 35.9 Å². The van der Waals surface area contributed by atoms with E-state index >= 15 is 0 Å². The van der Waals surface area contributed by atoms with Crippen LogP contribution in [0.2, 0.25) is 5.02 Å². The molecular formula is C15H17ClN2O2S. The van der Waals surface area contributed by atoms with Crippen LogP contribution in [0.3, 0.4) is 0 Å². The summed E-state index contributed by atoms with van der Waals surface area (Å²) in [6.45, 7) is 0.897. The standard InChI is InChI=1S/C15H17ClN2O2S/c16-12-6-4-11(5-7-12)15-17-14(18-20-15)10-21-9-13-3-1-2-8-19-13/h4-7,13H,1-3,8-10H2. The first-order valence-corrected chi connectivity index (χ1v) is 8.62. The van der Waals surface area contributed by atoms with Gasteiger partial charge in [-0.25, -0.2) is 0 Å². The van der Waals surface area contributed by atoms with Crippen LogP contribution in [-0.2, 0) is 10.5 Å². The highest BCUT2D eigenvalue weighted by atomic mass is 35.5. The quantitative estimate of drug-likeness (QED) is 0.825. The van der Waals surface area contributed by atoms with Crippen LogP contribution in [0.4, 0.5) is 0 Å². The molecule has 3 rings (SSSR count). The van der Waals surface area contributed by atoms with Crippen molar-refractivity contribution in [1.29, 1.82) is 0 Å². The molecule has 2 heterocycles. The number of rotatable bonds is 5. The monoisotopic (exact) mass is 324 g/mol. The van der Waals surface area contributed by atoms with Gasteiger partial charge in [0.15, 0.2) is 5.82 Å². The van der Waals surface area contributed by atoms with Crippen LogP contribution in [0.5, 0.6) is 0 Å². The largest absolute Gasteiger partial charge is 0.377 e. The van der Waals surface area contributed by atoms with E-state index in [9.17, 15) is 0 Å². The van der Waals surface area contributed by atoms with Gasteiger partial charge < -0.3 is 9.26 Å². The molecule has 112 valence electrons. The lowest BCUT2D eigenvalue weighted by Gasteiger charge is -2.21. The Bertz CT molecular complexity index is 567. The van der Waals surface area contributed by atoms with E-state index in [4.69, 9.17) is 20.9 Å². The summed E-state index contributed by atoms with van der Waals surface area (Å²) in [4.78, 5) is 4.41. The van der Waals surface area contributed by atoms with E-state index in [1.165, 1.54) is 12.8 Å². The highest BCUT2D eigenvalue weighted by Gasteiger charge is 2.14. The normalized spacial score (nSPS) is 18.8. The van der Waals surface area contributed by atoms with Crippen LogP contribution in [0.1, 0.15) is 25.1 Å². The zero-order valence-corrected chi connectivity index (χ0v) is 13.2. The minimum atomic E-state index is 0.381. The lowest BCUT2D eigenvalue weighted by Crippen LogP contribution is -2.21. The number of nitrogens with zero attached hydrogens (tertiary/aromatic N) is 2. The smallest absolute Gasteiger partial charge is 0.257 e. The summed E-state index contributed by atoms with van der Waals surface area (Å²) < 4.78 is 11.0. The third-order valence-corrected chi connectivity index (χ3v) is 4.69. The first kappa shape index (κ1) is 14.9. The van der Waals surface area contributed by atoms with Crippen molar-refractivity contribution < 1.29 is 9.26 Å². The lowest BCUT2D eigenvalue weighted by atomic mass is 10.1. The van der Waals surface area contributed by atoms with Crippen LogP contribution in [0.15, 0.2) is 28.8 Å². The molecule has 6 heteroatoms. The molecule has 1 fully saturated rings. The van der Waals surface area contributed by atoms with Crippen molar-refractivity contribution in [2.45, 2.75) is 31.1 Å². The molecule has 1 aliphatic heterocycles. The van der Waals surface area contributed by atoms with Crippen molar-refractivity contribution in [3.8, 4) is 11.5 Å². The van der Waals surface area contributed by atoms with Crippen molar-refractivity contribution in [3.05, 3.63) is 35.1 Å². The Morgan fingerprint density at radius 3 is 2.86 bits per heavy atom. The molecular weight excluding hydrogens is 308 g/mol. The number of halogens is 1. The molecule has 0 radical (unpaired) electrons. The first-order valence-electron chi connectivity index (χ1n) is 7.09. The van der Waals surface area contributed by atoms with Crippen LogP contribution >= 0.6 is 23.4 Å². The zero-order chi connectivity index (χ0) is 14.5. The fourth-order valence-electron chi connectivity index (χ4n) is 2.24. The fourth-order valence-corrected chi connectivity index (χ4v) is 3.31. The third-order valence-electron chi connectivity index (χ3n) is 3.37. The molecule has 0 bridgehead atoms. The van der Waals surface area contributed by atoms with Gasteiger partial charge >= 0.3 is 0 Å². The second-order valence-electron chi connectivity index (χ2n) is 5.03. The topological polar surface area (TPSA) is 48.2 Å². The Hall–Kier alpha value is -1.04. The Morgan fingerprint density at radius 1 is 1.24 bits per heavy atom. The minimum absolute atomic E-state index is 0.381. The fraction of sp³-hybridized carbons (Fsp3) is 0.467. The minimum Gasteiger partial charge on any atom is -0.377 e. The number of hydrogen-bond donors (Lipinski definition) is 0. The molecule has 1 unspecified atom stereocenters. The molecule has 0 saturated carbocycles. The van der Waals surface area contributed by atoms with Crippen molar-refractivity contribution in [1.82, 2.24) is 10.1 Å². The highest BCUT2D eigenvalue weighted by molar-refractivity contribution is 7.98. The van der Waals surface area contributed by atoms with E-state index < -0.39 is 0 Å². The number of benzene rings is 1. The lowest BCUT2D eigenvalue weighted by molar-refractivity contribution is 0.0315. The van der Waals surface area contributed by atoms with Crippen molar-refractivity contribution in [2.75, 3.05) is 12.4 Å². The van der Waals surface area contributed by atoms with Gasteiger partial charge in [-0.3, -0.25) is 0 Å². The molecule has 2 aromatic rings. The Labute approximate surface area is 133 Å². The Morgan fingerprint density at radius 2 is 2.10 bits per heavy atom. The summed E-state index contributed by atoms with van der Waals surface area (Å²) >= 11 is 7.66. The van der Waals surface area contributed by atoms with E-state index in [0.29, 0.717) is 17.0 Å². The number of thioether (sulfide) groups is 1. The van der Waals surface area contributed by atoms with Gasteiger partial charge in [-0.2, -0.15) is 16.7 Å². The summed E-state index contributed by atoms with van der Waals surface area (Å²) in [6.07, 6.45) is 4.01. The van der Waals surface area contributed by atoms with Crippen LogP contribution in [0.25, 0.3) is 11.5 Å². The molecule has 1 saturated heterocycles. The van der Waals surface area contributed by atoms with Gasteiger partial charge in [-0.05, 0) is 43.5 Å². The van der Waals surface area contributed by atoms with Crippen molar-refractivity contribution in [3.63, 3.8) is 0 Å². The summed E-state index contributed by atoms with van der Waals surface area (Å²) in [7, 11) is 0. The maximum atomic E-state index is 5.86. The summed E-state index contributed by atoms with van der Waals surface area (Å²) in [5.74, 6) is 3.00. The van der Waals surface area contributed by atoms with Gasteiger partial charge in [-0.1, -0.05) is 16.8 Å². The van der Waals surface area contributed by atoms with Gasteiger partial charge in [0.1, 0.15) is 0 Å². The maximum Gasteiger partial charge on any atom is 0.257 e. The predicted molar refractivity (Wildman–Crippen MR) is 84.5 cm³/mol. The van der Waals surface area contributed by atoms with Gasteiger partial charge in [-0.15, -0.1) is 0 Å². The second kappa shape index (κ2) is 7.29. The average molecular weight is 325 g/mol. The molecule has 0 spiro atoms. The Kier molecular flexibility index (Phi) is 5.17. The molecule has 4 nitrogen and oxygen atoms in total. The van der Waals surface area contributed by atoms with Gasteiger partial charge in [0.05, 0.1) is 11.9 Å². The van der Waals surface area contributed by atoms with Crippen molar-refractivity contribution in [2.24, 2.45) is 0 Å². The first-order chi connectivity index (χ1) is 10.3. The van der Waals surface area contributed by atoms with E-state index in [1.54, 1.807) is 11.8 Å². The molecule has 1 atom stereocenters. The molecule has 0 amide bonds. The second-order valence-corrected chi connectivity index (χ2v) is 6.49. The predicted octanol–water partition coefficient (Wildman–Crippen LogP) is 4.19. The SMILES string of the molecule is Clc1ccc(-c2nc(CSCC3CCCCO3)no2)cc1. The van der Waals surface area contributed by atoms with Crippen LogP contribution in [-0.4, -0.2) is 28.6 Å².